The Balaban J connectivity index is 3.86. The van der Waals surface area contributed by atoms with E-state index in [0.29, 0.717) is 12.8 Å². The van der Waals surface area contributed by atoms with E-state index in [9.17, 15) is 9.59 Å². The highest BCUT2D eigenvalue weighted by Gasteiger charge is 2.27. The summed E-state index contributed by atoms with van der Waals surface area (Å²) < 4.78 is 2.55. The van der Waals surface area contributed by atoms with Crippen molar-refractivity contribution in [1.29, 1.82) is 0 Å². The zero-order valence-corrected chi connectivity index (χ0v) is 15.9. The molecule has 0 rings (SSSR count). The van der Waals surface area contributed by atoms with Crippen molar-refractivity contribution in [3.8, 4) is 0 Å². The maximum absolute atomic E-state index is 11.5. The number of rotatable bonds is 10. The Bertz CT molecular complexity index is 359. The summed E-state index contributed by atoms with van der Waals surface area (Å²) in [7, 11) is 1.59. The van der Waals surface area contributed by atoms with Gasteiger partial charge in [-0.2, -0.15) is 0 Å². The number of carbonyl (C=O) groups excluding carboxylic acids is 2. The molecule has 0 aliphatic rings. The van der Waals surface area contributed by atoms with Gasteiger partial charge in [0.15, 0.2) is 0 Å². The molecule has 6 N–H and O–H groups in total. The predicted molar refractivity (Wildman–Crippen MR) is 98.3 cm³/mol. The summed E-state index contributed by atoms with van der Waals surface area (Å²) in [5, 5.41) is 2.58. The van der Waals surface area contributed by atoms with Crippen molar-refractivity contribution in [1.82, 2.24) is 8.85 Å². The average molecular weight is 424 g/mol. The second-order valence-corrected chi connectivity index (χ2v) is 6.63. The van der Waals surface area contributed by atoms with E-state index in [1.54, 1.807) is 43.8 Å². The molecule has 0 unspecified atom stereocenters. The number of halogens is 1. The molecule has 2 atom stereocenters. The van der Waals surface area contributed by atoms with Gasteiger partial charge in [0.1, 0.15) is 0 Å². The van der Waals surface area contributed by atoms with Crippen LogP contribution in [0.25, 0.3) is 0 Å². The molecule has 2 amide bonds. The quantitative estimate of drug-likeness (QED) is 0.185. The van der Waals surface area contributed by atoms with Gasteiger partial charge in [-0.05, 0) is 52.4 Å². The zero-order chi connectivity index (χ0) is 17.2. The third-order valence-electron chi connectivity index (χ3n) is 3.65. The van der Waals surface area contributed by atoms with Gasteiger partial charge in [-0.25, -0.2) is 0 Å². The number of amides is 2. The highest BCUT2D eigenvalue weighted by atomic mass is 127. The SMILES string of the molecule is CNC(=O)[C@@](C)(N)CCC/C=C/CCC[C@](C)(N)C(=O)NI. The standard InChI is InChI=1S/C15H29IN4O2/c1-14(17,12(21)19-3)10-8-6-4-5-7-9-11-15(2,18)13(22)20-16/h4-5H,6-11,17-18H2,1-3H3,(H,19,21)(H,20,22)/b5-4+/t14-,15-/m0/s1. The van der Waals surface area contributed by atoms with Crippen LogP contribution < -0.4 is 20.3 Å². The predicted octanol–water partition coefficient (Wildman–Crippen LogP) is 1.53. The van der Waals surface area contributed by atoms with Crippen molar-refractivity contribution < 1.29 is 9.59 Å². The van der Waals surface area contributed by atoms with Gasteiger partial charge in [0.25, 0.3) is 0 Å². The second kappa shape index (κ2) is 10.2. The van der Waals surface area contributed by atoms with E-state index >= 15 is 0 Å². The molecule has 7 heteroatoms. The number of nitrogens with two attached hydrogens (primary N) is 2. The Labute approximate surface area is 147 Å². The first-order valence-corrected chi connectivity index (χ1v) is 8.61. The van der Waals surface area contributed by atoms with Crippen molar-refractivity contribution in [3.63, 3.8) is 0 Å². The largest absolute Gasteiger partial charge is 0.358 e. The first-order chi connectivity index (χ1) is 10.2. The minimum atomic E-state index is -0.816. The van der Waals surface area contributed by atoms with Crippen LogP contribution in [0.1, 0.15) is 52.4 Å². The third kappa shape index (κ3) is 8.09. The molecule has 0 bridgehead atoms. The lowest BCUT2D eigenvalue weighted by molar-refractivity contribution is -0.125. The van der Waals surface area contributed by atoms with Gasteiger partial charge in [-0.1, -0.05) is 12.2 Å². The van der Waals surface area contributed by atoms with E-state index in [0.717, 1.165) is 25.7 Å². The van der Waals surface area contributed by atoms with E-state index < -0.39 is 11.1 Å². The molecule has 0 aromatic rings. The first-order valence-electron chi connectivity index (χ1n) is 7.53. The summed E-state index contributed by atoms with van der Waals surface area (Å²) in [4.78, 5) is 23.0. The maximum atomic E-state index is 11.5. The Morgan fingerprint density at radius 3 is 1.77 bits per heavy atom. The Morgan fingerprint density at radius 1 is 1.00 bits per heavy atom. The Kier molecular flexibility index (Phi) is 9.86. The van der Waals surface area contributed by atoms with Crippen LogP contribution in [-0.2, 0) is 9.59 Å². The molecule has 0 heterocycles. The van der Waals surface area contributed by atoms with Crippen LogP contribution in [0, 0.1) is 0 Å². The van der Waals surface area contributed by atoms with E-state index in [1.807, 2.05) is 0 Å². The van der Waals surface area contributed by atoms with Crippen LogP contribution in [0.3, 0.4) is 0 Å². The molecule has 0 saturated heterocycles. The first kappa shape index (κ1) is 21.3. The Morgan fingerprint density at radius 2 is 1.41 bits per heavy atom. The molecule has 0 aliphatic heterocycles. The number of nitrogens with one attached hydrogen (secondary N) is 2. The molecule has 0 aromatic heterocycles. The highest BCUT2D eigenvalue weighted by Crippen LogP contribution is 2.13. The summed E-state index contributed by atoms with van der Waals surface area (Å²) in [5.41, 5.74) is 10.2. The second-order valence-electron chi connectivity index (χ2n) is 6.09. The van der Waals surface area contributed by atoms with E-state index in [-0.39, 0.29) is 11.8 Å². The van der Waals surface area contributed by atoms with Crippen molar-refractivity contribution >= 4 is 34.7 Å². The lowest BCUT2D eigenvalue weighted by Crippen LogP contribution is -2.50. The van der Waals surface area contributed by atoms with Crippen molar-refractivity contribution in [3.05, 3.63) is 12.2 Å². The van der Waals surface area contributed by atoms with Crippen LogP contribution in [-0.4, -0.2) is 29.9 Å². The van der Waals surface area contributed by atoms with Gasteiger partial charge in [0, 0.05) is 7.05 Å². The van der Waals surface area contributed by atoms with Crippen molar-refractivity contribution in [2.24, 2.45) is 11.5 Å². The summed E-state index contributed by atoms with van der Waals surface area (Å²) in [6.45, 7) is 3.49. The molecule has 0 fully saturated rings. The summed E-state index contributed by atoms with van der Waals surface area (Å²) in [5.74, 6) is -0.277. The lowest BCUT2D eigenvalue weighted by Gasteiger charge is -2.22. The summed E-state index contributed by atoms with van der Waals surface area (Å²) >= 11 is 1.80. The maximum Gasteiger partial charge on any atom is 0.248 e. The molecule has 6 nitrogen and oxygen atoms in total. The molecule has 0 radical (unpaired) electrons. The molecular weight excluding hydrogens is 395 g/mol. The third-order valence-corrected chi connectivity index (χ3v) is 4.14. The summed E-state index contributed by atoms with van der Waals surface area (Å²) in [6.07, 6.45) is 8.97. The molecule has 0 saturated carbocycles. The fourth-order valence-electron chi connectivity index (χ4n) is 2.03. The van der Waals surface area contributed by atoms with Gasteiger partial charge in [0.05, 0.1) is 33.9 Å². The lowest BCUT2D eigenvalue weighted by atomic mass is 9.94. The van der Waals surface area contributed by atoms with Crippen LogP contribution in [0.2, 0.25) is 0 Å². The van der Waals surface area contributed by atoms with Crippen molar-refractivity contribution in [2.75, 3.05) is 7.05 Å². The fraction of sp³-hybridized carbons (Fsp3) is 0.733. The monoisotopic (exact) mass is 424 g/mol. The normalized spacial score (nSPS) is 16.8. The van der Waals surface area contributed by atoms with Gasteiger partial charge >= 0.3 is 0 Å². The Hall–Kier alpha value is -0.670. The fourth-order valence-corrected chi connectivity index (χ4v) is 2.65. The number of hydrogen-bond donors (Lipinski definition) is 4. The number of allylic oxidation sites excluding steroid dienone is 2. The molecule has 0 aromatic carbocycles. The van der Waals surface area contributed by atoms with Crippen LogP contribution in [0.4, 0.5) is 0 Å². The topological polar surface area (TPSA) is 110 Å². The highest BCUT2D eigenvalue weighted by molar-refractivity contribution is 14.1. The molecule has 128 valence electrons. The van der Waals surface area contributed by atoms with Crippen LogP contribution >= 0.6 is 22.9 Å². The number of hydrogen-bond acceptors (Lipinski definition) is 4. The smallest absolute Gasteiger partial charge is 0.248 e. The van der Waals surface area contributed by atoms with Gasteiger partial charge < -0.3 is 16.8 Å². The van der Waals surface area contributed by atoms with Gasteiger partial charge in [-0.15, -0.1) is 0 Å². The van der Waals surface area contributed by atoms with Gasteiger partial charge in [-0.3, -0.25) is 13.1 Å². The van der Waals surface area contributed by atoms with Crippen molar-refractivity contribution in [2.45, 2.75) is 63.5 Å². The van der Waals surface area contributed by atoms with Crippen LogP contribution in [0.5, 0.6) is 0 Å². The van der Waals surface area contributed by atoms with E-state index in [2.05, 4.69) is 21.0 Å². The molecule has 0 aliphatic carbocycles. The number of carbonyl (C=O) groups is 2. The summed E-state index contributed by atoms with van der Waals surface area (Å²) in [6, 6.07) is 0. The van der Waals surface area contributed by atoms with E-state index in [1.165, 1.54) is 0 Å². The number of unbranched alkanes of at least 4 members (excludes halogenated alkanes) is 2. The van der Waals surface area contributed by atoms with E-state index in [4.69, 9.17) is 11.5 Å². The van der Waals surface area contributed by atoms with Crippen LogP contribution in [0.15, 0.2) is 12.2 Å². The minimum absolute atomic E-state index is 0.132. The number of likely N-dealkylation sites (N-methyl/N-ethyl adjacent to an activating group) is 1. The molecule has 0 spiro atoms. The van der Waals surface area contributed by atoms with Gasteiger partial charge in [0.2, 0.25) is 11.8 Å². The average Bonchev–Trinajstić information content (AvgIpc) is 2.47. The molecular formula is C15H29IN4O2. The zero-order valence-electron chi connectivity index (χ0n) is 13.7. The minimum Gasteiger partial charge on any atom is -0.358 e. The molecule has 22 heavy (non-hydrogen) atoms.